The van der Waals surface area contributed by atoms with Crippen molar-refractivity contribution < 1.29 is 9.47 Å². The van der Waals surface area contributed by atoms with E-state index in [0.717, 1.165) is 0 Å². The maximum absolute atomic E-state index is 5.15. The van der Waals surface area contributed by atoms with Gasteiger partial charge >= 0.3 is 0 Å². The summed E-state index contributed by atoms with van der Waals surface area (Å²) < 4.78 is 9.79. The van der Waals surface area contributed by atoms with E-state index in [2.05, 4.69) is 5.92 Å². The maximum Gasteiger partial charge on any atom is 0.148 e. The molecular weight excluding hydrogens is 116 g/mol. The summed E-state index contributed by atoms with van der Waals surface area (Å²) in [4.78, 5) is 0. The molecule has 0 saturated carbocycles. The molecule has 0 aliphatic heterocycles. The van der Waals surface area contributed by atoms with E-state index in [4.69, 9.17) is 15.9 Å². The topological polar surface area (TPSA) is 18.5 Å². The summed E-state index contributed by atoms with van der Waals surface area (Å²) in [5, 5.41) is 0. The second-order valence-electron chi connectivity index (χ2n) is 2.01. The first-order valence-electron chi connectivity index (χ1n) is 2.70. The van der Waals surface area contributed by atoms with E-state index in [1.54, 1.807) is 21.1 Å². The molecule has 0 aromatic carbocycles. The van der Waals surface area contributed by atoms with Crippen molar-refractivity contribution in [2.45, 2.75) is 12.5 Å². The van der Waals surface area contributed by atoms with Gasteiger partial charge in [-0.25, -0.2) is 0 Å². The highest BCUT2D eigenvalue weighted by Gasteiger charge is 2.18. The molecule has 0 saturated heterocycles. The Balaban J connectivity index is 3.81. The van der Waals surface area contributed by atoms with Gasteiger partial charge in [0.05, 0.1) is 6.61 Å². The molecule has 0 bridgehead atoms. The Kier molecular flexibility index (Phi) is 3.29. The Bertz CT molecular complexity index is 115. The molecule has 1 unspecified atom stereocenters. The molecular formula is C7H12O2. The molecule has 0 radical (unpaired) electrons. The van der Waals surface area contributed by atoms with Crippen LogP contribution in [0.5, 0.6) is 0 Å². The van der Waals surface area contributed by atoms with Crippen molar-refractivity contribution in [3.05, 3.63) is 0 Å². The van der Waals surface area contributed by atoms with Gasteiger partial charge in [0, 0.05) is 14.2 Å². The Hall–Kier alpha value is -0.520. The lowest BCUT2D eigenvalue weighted by Gasteiger charge is -2.19. The van der Waals surface area contributed by atoms with E-state index < -0.39 is 5.60 Å². The van der Waals surface area contributed by atoms with Gasteiger partial charge in [-0.05, 0) is 6.92 Å². The molecule has 0 fully saturated rings. The van der Waals surface area contributed by atoms with Crippen molar-refractivity contribution in [1.82, 2.24) is 0 Å². The first-order chi connectivity index (χ1) is 4.18. The number of terminal acetylenes is 1. The second kappa shape index (κ2) is 3.49. The van der Waals surface area contributed by atoms with E-state index in [9.17, 15) is 0 Å². The molecule has 0 amide bonds. The monoisotopic (exact) mass is 128 g/mol. The number of ether oxygens (including phenoxy) is 2. The predicted octanol–water partition coefficient (Wildman–Crippen LogP) is 0.671. The fraction of sp³-hybridized carbons (Fsp3) is 0.714. The summed E-state index contributed by atoms with van der Waals surface area (Å²) >= 11 is 0. The van der Waals surface area contributed by atoms with Crippen molar-refractivity contribution in [2.75, 3.05) is 20.8 Å². The Morgan fingerprint density at radius 3 is 2.22 bits per heavy atom. The van der Waals surface area contributed by atoms with Gasteiger partial charge in [0.15, 0.2) is 0 Å². The predicted molar refractivity (Wildman–Crippen MR) is 36.1 cm³/mol. The third kappa shape index (κ3) is 2.50. The fourth-order valence-electron chi connectivity index (χ4n) is 0.435. The van der Waals surface area contributed by atoms with Crippen molar-refractivity contribution in [1.29, 1.82) is 0 Å². The van der Waals surface area contributed by atoms with Crippen molar-refractivity contribution in [3.63, 3.8) is 0 Å². The van der Waals surface area contributed by atoms with E-state index in [0.29, 0.717) is 6.61 Å². The molecule has 0 N–H and O–H groups in total. The number of hydrogen-bond donors (Lipinski definition) is 0. The molecule has 0 spiro atoms. The Labute approximate surface area is 56.2 Å². The van der Waals surface area contributed by atoms with Crippen LogP contribution in [0.1, 0.15) is 6.92 Å². The molecule has 52 valence electrons. The minimum atomic E-state index is -0.561. The largest absolute Gasteiger partial charge is 0.381 e. The minimum Gasteiger partial charge on any atom is -0.381 e. The second-order valence-corrected chi connectivity index (χ2v) is 2.01. The fourth-order valence-corrected chi connectivity index (χ4v) is 0.435. The third-order valence-corrected chi connectivity index (χ3v) is 1.18. The molecule has 0 rings (SSSR count). The van der Waals surface area contributed by atoms with Crippen LogP contribution in [0, 0.1) is 12.3 Å². The van der Waals surface area contributed by atoms with E-state index in [-0.39, 0.29) is 0 Å². The lowest BCUT2D eigenvalue weighted by Crippen LogP contribution is -2.30. The van der Waals surface area contributed by atoms with Gasteiger partial charge < -0.3 is 9.47 Å². The van der Waals surface area contributed by atoms with Gasteiger partial charge in [-0.15, -0.1) is 6.42 Å². The minimum absolute atomic E-state index is 0.431. The van der Waals surface area contributed by atoms with Crippen LogP contribution in [-0.4, -0.2) is 26.4 Å². The molecule has 2 heteroatoms. The summed E-state index contributed by atoms with van der Waals surface area (Å²) in [5.74, 6) is 2.48. The standard InChI is InChI=1S/C7H12O2/c1-5-7(2,9-4)6-8-3/h1H,6H2,2-4H3. The Morgan fingerprint density at radius 2 is 2.11 bits per heavy atom. The highest BCUT2D eigenvalue weighted by Crippen LogP contribution is 2.05. The van der Waals surface area contributed by atoms with Crippen molar-refractivity contribution >= 4 is 0 Å². The molecule has 0 aliphatic rings. The van der Waals surface area contributed by atoms with Crippen LogP contribution >= 0.6 is 0 Å². The smallest absolute Gasteiger partial charge is 0.148 e. The van der Waals surface area contributed by atoms with Crippen LogP contribution in [-0.2, 0) is 9.47 Å². The first-order valence-corrected chi connectivity index (χ1v) is 2.70. The lowest BCUT2D eigenvalue weighted by atomic mass is 10.1. The molecule has 0 aromatic heterocycles. The molecule has 0 aliphatic carbocycles. The molecule has 2 nitrogen and oxygen atoms in total. The van der Waals surface area contributed by atoms with Crippen LogP contribution in [0.2, 0.25) is 0 Å². The van der Waals surface area contributed by atoms with Gasteiger partial charge in [0.25, 0.3) is 0 Å². The summed E-state index contributed by atoms with van der Waals surface area (Å²) in [6.07, 6.45) is 5.15. The van der Waals surface area contributed by atoms with Gasteiger partial charge in [0.1, 0.15) is 5.60 Å². The molecule has 0 heterocycles. The van der Waals surface area contributed by atoms with Gasteiger partial charge in [-0.3, -0.25) is 0 Å². The third-order valence-electron chi connectivity index (χ3n) is 1.18. The van der Waals surface area contributed by atoms with E-state index in [1.807, 2.05) is 0 Å². The van der Waals surface area contributed by atoms with Gasteiger partial charge in [-0.1, -0.05) is 5.92 Å². The van der Waals surface area contributed by atoms with Crippen molar-refractivity contribution in [3.8, 4) is 12.3 Å². The van der Waals surface area contributed by atoms with Gasteiger partial charge in [-0.2, -0.15) is 0 Å². The number of hydrogen-bond acceptors (Lipinski definition) is 2. The first kappa shape index (κ1) is 8.48. The van der Waals surface area contributed by atoms with Crippen LogP contribution < -0.4 is 0 Å². The van der Waals surface area contributed by atoms with Gasteiger partial charge in [0.2, 0.25) is 0 Å². The summed E-state index contributed by atoms with van der Waals surface area (Å²) in [5.41, 5.74) is -0.561. The Morgan fingerprint density at radius 1 is 1.56 bits per heavy atom. The average molecular weight is 128 g/mol. The maximum atomic E-state index is 5.15. The molecule has 1 atom stereocenters. The zero-order valence-electron chi connectivity index (χ0n) is 6.10. The summed E-state index contributed by atoms with van der Waals surface area (Å²) in [6, 6.07) is 0. The number of methoxy groups -OCH3 is 2. The average Bonchev–Trinajstić information content (AvgIpc) is 1.89. The normalized spacial score (nSPS) is 16.2. The van der Waals surface area contributed by atoms with Crippen LogP contribution in [0.25, 0.3) is 0 Å². The van der Waals surface area contributed by atoms with Crippen LogP contribution in [0.15, 0.2) is 0 Å². The molecule has 9 heavy (non-hydrogen) atoms. The summed E-state index contributed by atoms with van der Waals surface area (Å²) in [7, 11) is 3.16. The zero-order chi connectivity index (χ0) is 7.33. The zero-order valence-corrected chi connectivity index (χ0v) is 6.10. The quantitative estimate of drug-likeness (QED) is 0.520. The number of rotatable bonds is 3. The SMILES string of the molecule is C#CC(C)(COC)OC. The lowest BCUT2D eigenvalue weighted by molar-refractivity contribution is -0.00875. The highest BCUT2D eigenvalue weighted by atomic mass is 16.5. The van der Waals surface area contributed by atoms with E-state index in [1.165, 1.54) is 0 Å². The van der Waals surface area contributed by atoms with Crippen molar-refractivity contribution in [2.24, 2.45) is 0 Å². The van der Waals surface area contributed by atoms with Crippen LogP contribution in [0.4, 0.5) is 0 Å². The molecule has 0 aromatic rings. The van der Waals surface area contributed by atoms with E-state index >= 15 is 0 Å². The highest BCUT2D eigenvalue weighted by molar-refractivity contribution is 5.05. The summed E-state index contributed by atoms with van der Waals surface area (Å²) in [6.45, 7) is 2.23. The van der Waals surface area contributed by atoms with Crippen LogP contribution in [0.3, 0.4) is 0 Å².